The molecule has 2 atom stereocenters. The Labute approximate surface area is 108 Å². The molecule has 1 aliphatic carbocycles. The first-order chi connectivity index (χ1) is 7.27. The lowest BCUT2D eigenvalue weighted by atomic mass is 9.88. The second-order valence-electron chi connectivity index (χ2n) is 3.60. The minimum absolute atomic E-state index is 0.162. The number of nitrogens with two attached hydrogens (primary N) is 1. The smallest absolute Gasteiger partial charge is 0.166 e. The number of carbonyl (C=O) groups is 2. The maximum Gasteiger partial charge on any atom is 0.166 e. The molecule has 0 heterocycles. The number of Topliss-reactive ketones (excluding diaryl/α,β-unsaturated/α-hetero) is 2. The zero-order valence-electron chi connectivity index (χ0n) is 8.47. The fraction of sp³-hybridized carbons (Fsp3) is 0.400. The van der Waals surface area contributed by atoms with Gasteiger partial charge >= 0.3 is 0 Å². The van der Waals surface area contributed by atoms with Crippen molar-refractivity contribution < 1.29 is 9.59 Å². The summed E-state index contributed by atoms with van der Waals surface area (Å²) in [6, 6.07) is -0.795. The summed E-state index contributed by atoms with van der Waals surface area (Å²) in [5.41, 5.74) is 5.71. The molecular weight excluding hydrogens is 272 g/mol. The van der Waals surface area contributed by atoms with Gasteiger partial charge in [0.15, 0.2) is 5.78 Å². The van der Waals surface area contributed by atoms with Crippen LogP contribution < -0.4 is 5.73 Å². The third-order valence-corrected chi connectivity index (χ3v) is 3.52. The molecule has 1 aliphatic rings. The second kappa shape index (κ2) is 4.88. The van der Waals surface area contributed by atoms with Crippen molar-refractivity contribution in [3.05, 3.63) is 22.2 Å². The Morgan fingerprint density at radius 3 is 2.50 bits per heavy atom. The van der Waals surface area contributed by atoms with E-state index in [1.165, 1.54) is 19.1 Å². The first-order valence-electron chi connectivity index (χ1n) is 4.50. The molecule has 0 aromatic rings. The number of halogens is 3. The molecule has 0 saturated heterocycles. The molecule has 6 heteroatoms. The fourth-order valence-electron chi connectivity index (χ4n) is 1.34. The van der Waals surface area contributed by atoms with Crippen molar-refractivity contribution in [3.8, 4) is 0 Å². The van der Waals surface area contributed by atoms with E-state index in [1.807, 2.05) is 0 Å². The second-order valence-corrected chi connectivity index (χ2v) is 5.04. The average molecular weight is 283 g/mol. The van der Waals surface area contributed by atoms with Gasteiger partial charge in [-0.1, -0.05) is 23.2 Å². The van der Waals surface area contributed by atoms with E-state index in [9.17, 15) is 9.59 Å². The van der Waals surface area contributed by atoms with Gasteiger partial charge in [0.2, 0.25) is 0 Å². The molecule has 2 unspecified atom stereocenters. The highest BCUT2D eigenvalue weighted by molar-refractivity contribution is 6.46. The lowest BCUT2D eigenvalue weighted by molar-refractivity contribution is -0.126. The van der Waals surface area contributed by atoms with Gasteiger partial charge < -0.3 is 5.73 Å². The number of hydrogen-bond acceptors (Lipinski definition) is 3. The molecule has 3 nitrogen and oxygen atoms in total. The van der Waals surface area contributed by atoms with Gasteiger partial charge in [0.1, 0.15) is 10.7 Å². The number of allylic oxidation sites excluding steroid dienone is 2. The molecule has 88 valence electrons. The average Bonchev–Trinajstić information content (AvgIpc) is 2.13. The Bertz CT molecular complexity index is 403. The standard InChI is InChI=1S/C10H10Cl3NO2/c1-5(15)2-9(16)10(13)4-7(12)6(11)3-8(10)14/h3-4,8H,2,14H2,1H3. The number of rotatable bonds is 3. The van der Waals surface area contributed by atoms with E-state index < -0.39 is 16.7 Å². The van der Waals surface area contributed by atoms with Crippen molar-refractivity contribution in [2.24, 2.45) is 5.73 Å². The van der Waals surface area contributed by atoms with Crippen LogP contribution in [0.5, 0.6) is 0 Å². The predicted molar refractivity (Wildman–Crippen MR) is 64.7 cm³/mol. The van der Waals surface area contributed by atoms with E-state index in [1.54, 1.807) is 0 Å². The maximum absolute atomic E-state index is 11.8. The van der Waals surface area contributed by atoms with E-state index in [0.717, 1.165) is 0 Å². The van der Waals surface area contributed by atoms with Gasteiger partial charge in [0.25, 0.3) is 0 Å². The van der Waals surface area contributed by atoms with Crippen LogP contribution in [-0.2, 0) is 9.59 Å². The third kappa shape index (κ3) is 2.66. The van der Waals surface area contributed by atoms with Crippen molar-refractivity contribution in [1.29, 1.82) is 0 Å². The molecule has 16 heavy (non-hydrogen) atoms. The van der Waals surface area contributed by atoms with Gasteiger partial charge in [-0.3, -0.25) is 9.59 Å². The summed E-state index contributed by atoms with van der Waals surface area (Å²) >= 11 is 17.6. The molecule has 0 saturated carbocycles. The van der Waals surface area contributed by atoms with Crippen LogP contribution in [0.1, 0.15) is 13.3 Å². The molecular formula is C10H10Cl3NO2. The summed E-state index contributed by atoms with van der Waals surface area (Å²) in [6.07, 6.45) is 2.41. The molecule has 0 amide bonds. The number of carbonyl (C=O) groups excluding carboxylic acids is 2. The van der Waals surface area contributed by atoms with E-state index in [-0.39, 0.29) is 22.3 Å². The number of alkyl halides is 1. The summed E-state index contributed by atoms with van der Waals surface area (Å²) in [5, 5.41) is 0.413. The number of ketones is 2. The molecule has 0 spiro atoms. The number of hydrogen-bond donors (Lipinski definition) is 1. The molecule has 0 aromatic carbocycles. The van der Waals surface area contributed by atoms with Gasteiger partial charge in [-0.15, -0.1) is 11.6 Å². The Morgan fingerprint density at radius 2 is 2.00 bits per heavy atom. The van der Waals surface area contributed by atoms with Gasteiger partial charge in [-0.2, -0.15) is 0 Å². The molecule has 0 fully saturated rings. The van der Waals surface area contributed by atoms with E-state index >= 15 is 0 Å². The van der Waals surface area contributed by atoms with Gasteiger partial charge in [0, 0.05) is 0 Å². The Morgan fingerprint density at radius 1 is 1.44 bits per heavy atom. The van der Waals surface area contributed by atoms with Crippen LogP contribution in [0.4, 0.5) is 0 Å². The quantitative estimate of drug-likeness (QED) is 0.637. The molecule has 0 radical (unpaired) electrons. The summed E-state index contributed by atoms with van der Waals surface area (Å²) in [4.78, 5) is 21.2. The minimum atomic E-state index is -1.48. The predicted octanol–water partition coefficient (Wildman–Crippen LogP) is 2.10. The zero-order chi connectivity index (χ0) is 12.5. The molecule has 0 bridgehead atoms. The fourth-order valence-corrected chi connectivity index (χ4v) is 2.06. The molecule has 2 N–H and O–H groups in total. The normalized spacial score (nSPS) is 29.4. The highest BCUT2D eigenvalue weighted by atomic mass is 35.5. The van der Waals surface area contributed by atoms with Gasteiger partial charge in [0.05, 0.1) is 22.5 Å². The van der Waals surface area contributed by atoms with Crippen LogP contribution in [-0.4, -0.2) is 22.5 Å². The Kier molecular flexibility index (Phi) is 4.18. The summed E-state index contributed by atoms with van der Waals surface area (Å²) in [6.45, 7) is 1.31. The first kappa shape index (κ1) is 13.7. The monoisotopic (exact) mass is 281 g/mol. The largest absolute Gasteiger partial charge is 0.322 e. The summed E-state index contributed by atoms with van der Waals surface area (Å²) in [7, 11) is 0. The SMILES string of the molecule is CC(=O)CC(=O)C1(Cl)C=C(Cl)C(Cl)=CC1N. The van der Waals surface area contributed by atoms with Crippen LogP contribution in [0.15, 0.2) is 22.2 Å². The van der Waals surface area contributed by atoms with Crippen molar-refractivity contribution in [3.63, 3.8) is 0 Å². The van der Waals surface area contributed by atoms with Crippen LogP contribution in [0, 0.1) is 0 Å². The van der Waals surface area contributed by atoms with Crippen LogP contribution in [0.2, 0.25) is 0 Å². The Hall–Kier alpha value is -0.350. The Balaban J connectivity index is 3.02. The lowest BCUT2D eigenvalue weighted by Gasteiger charge is -2.30. The molecule has 0 aromatic heterocycles. The summed E-state index contributed by atoms with van der Waals surface area (Å²) < 4.78 is 0. The highest BCUT2D eigenvalue weighted by Gasteiger charge is 2.42. The van der Waals surface area contributed by atoms with Crippen molar-refractivity contribution in [2.75, 3.05) is 0 Å². The maximum atomic E-state index is 11.8. The van der Waals surface area contributed by atoms with E-state index in [4.69, 9.17) is 40.5 Å². The molecule has 1 rings (SSSR count). The topological polar surface area (TPSA) is 60.2 Å². The van der Waals surface area contributed by atoms with E-state index in [2.05, 4.69) is 0 Å². The first-order valence-corrected chi connectivity index (χ1v) is 5.64. The van der Waals surface area contributed by atoms with Crippen molar-refractivity contribution >= 4 is 46.4 Å². The van der Waals surface area contributed by atoms with E-state index in [0.29, 0.717) is 0 Å². The third-order valence-electron chi connectivity index (χ3n) is 2.21. The van der Waals surface area contributed by atoms with Crippen LogP contribution in [0.3, 0.4) is 0 Å². The van der Waals surface area contributed by atoms with Crippen LogP contribution in [0.25, 0.3) is 0 Å². The molecule has 0 aliphatic heterocycles. The van der Waals surface area contributed by atoms with Gasteiger partial charge in [-0.25, -0.2) is 0 Å². The van der Waals surface area contributed by atoms with Crippen molar-refractivity contribution in [1.82, 2.24) is 0 Å². The van der Waals surface area contributed by atoms with Gasteiger partial charge in [-0.05, 0) is 19.1 Å². The highest BCUT2D eigenvalue weighted by Crippen LogP contribution is 2.35. The minimum Gasteiger partial charge on any atom is -0.322 e. The zero-order valence-corrected chi connectivity index (χ0v) is 10.7. The summed E-state index contributed by atoms with van der Waals surface area (Å²) in [5.74, 6) is -0.755. The van der Waals surface area contributed by atoms with Crippen LogP contribution >= 0.6 is 34.8 Å². The lowest BCUT2D eigenvalue weighted by Crippen LogP contribution is -2.49. The van der Waals surface area contributed by atoms with Crippen molar-refractivity contribution in [2.45, 2.75) is 24.3 Å².